The van der Waals surface area contributed by atoms with E-state index in [1.54, 1.807) is 4.68 Å². The van der Waals surface area contributed by atoms with Gasteiger partial charge in [-0.3, -0.25) is 4.79 Å². The quantitative estimate of drug-likeness (QED) is 0.674. The third-order valence-corrected chi connectivity index (χ3v) is 5.25. The van der Waals surface area contributed by atoms with E-state index in [4.69, 9.17) is 0 Å². The standard InChI is InChI=1S/C17H20N6OS2/c1-11-5-7-12(8-6-11)23-16(20-21-22-23)26-10-14(24)19-15-18-13(9-25-15)17(2,3)4/h5-9H,10H2,1-4H3,(H,18,19,24). The molecule has 3 rings (SSSR count). The smallest absolute Gasteiger partial charge is 0.236 e. The van der Waals surface area contributed by atoms with Gasteiger partial charge in [-0.1, -0.05) is 50.2 Å². The summed E-state index contributed by atoms with van der Waals surface area (Å²) in [6.45, 7) is 8.30. The zero-order valence-electron chi connectivity index (χ0n) is 15.1. The Morgan fingerprint density at radius 3 is 2.65 bits per heavy atom. The summed E-state index contributed by atoms with van der Waals surface area (Å²) in [5, 5.41) is 17.7. The topological polar surface area (TPSA) is 85.6 Å². The maximum Gasteiger partial charge on any atom is 0.236 e. The molecule has 0 radical (unpaired) electrons. The molecule has 0 bridgehead atoms. The molecule has 1 amide bonds. The average Bonchev–Trinajstić information content (AvgIpc) is 3.22. The van der Waals surface area contributed by atoms with Crippen molar-refractivity contribution < 1.29 is 4.79 Å². The molecule has 136 valence electrons. The number of tetrazole rings is 1. The highest BCUT2D eigenvalue weighted by Gasteiger charge is 2.18. The SMILES string of the molecule is Cc1ccc(-n2nnnc2SCC(=O)Nc2nc(C(C)(C)C)cs2)cc1. The van der Waals surface area contributed by atoms with Crippen LogP contribution in [-0.2, 0) is 10.2 Å². The zero-order valence-corrected chi connectivity index (χ0v) is 16.7. The van der Waals surface area contributed by atoms with Gasteiger partial charge in [0.25, 0.3) is 0 Å². The number of aromatic nitrogens is 5. The lowest BCUT2D eigenvalue weighted by Gasteiger charge is -2.14. The predicted molar refractivity (Wildman–Crippen MR) is 104 cm³/mol. The number of benzene rings is 1. The van der Waals surface area contributed by atoms with E-state index in [1.165, 1.54) is 23.1 Å². The van der Waals surface area contributed by atoms with Gasteiger partial charge in [-0.05, 0) is 29.5 Å². The maximum absolute atomic E-state index is 12.2. The molecule has 0 aliphatic heterocycles. The van der Waals surface area contributed by atoms with Gasteiger partial charge in [0.05, 0.1) is 17.1 Å². The minimum Gasteiger partial charge on any atom is -0.301 e. The highest BCUT2D eigenvalue weighted by atomic mass is 32.2. The van der Waals surface area contributed by atoms with Crippen LogP contribution in [0.4, 0.5) is 5.13 Å². The van der Waals surface area contributed by atoms with Crippen LogP contribution in [0, 0.1) is 6.92 Å². The summed E-state index contributed by atoms with van der Waals surface area (Å²) in [7, 11) is 0. The Balaban J connectivity index is 1.61. The van der Waals surface area contributed by atoms with E-state index in [-0.39, 0.29) is 17.1 Å². The number of rotatable bonds is 5. The lowest BCUT2D eigenvalue weighted by molar-refractivity contribution is -0.113. The molecule has 26 heavy (non-hydrogen) atoms. The van der Waals surface area contributed by atoms with Gasteiger partial charge in [-0.15, -0.1) is 16.4 Å². The monoisotopic (exact) mass is 388 g/mol. The lowest BCUT2D eigenvalue weighted by atomic mass is 9.93. The van der Waals surface area contributed by atoms with E-state index in [0.717, 1.165) is 16.9 Å². The summed E-state index contributed by atoms with van der Waals surface area (Å²) in [4.78, 5) is 16.7. The first-order valence-electron chi connectivity index (χ1n) is 8.07. The van der Waals surface area contributed by atoms with Gasteiger partial charge in [0.1, 0.15) is 0 Å². The van der Waals surface area contributed by atoms with Crippen molar-refractivity contribution in [3.05, 3.63) is 40.9 Å². The molecule has 9 heteroatoms. The molecule has 0 fully saturated rings. The summed E-state index contributed by atoms with van der Waals surface area (Å²) in [6.07, 6.45) is 0. The van der Waals surface area contributed by atoms with Gasteiger partial charge in [0.15, 0.2) is 5.13 Å². The number of thioether (sulfide) groups is 1. The number of hydrogen-bond donors (Lipinski definition) is 1. The lowest BCUT2D eigenvalue weighted by Crippen LogP contribution is -2.16. The molecule has 1 aromatic carbocycles. The van der Waals surface area contributed by atoms with Crippen LogP contribution in [0.3, 0.4) is 0 Å². The van der Waals surface area contributed by atoms with Crippen molar-refractivity contribution in [2.75, 3.05) is 11.1 Å². The van der Waals surface area contributed by atoms with Crippen LogP contribution < -0.4 is 5.32 Å². The van der Waals surface area contributed by atoms with Crippen molar-refractivity contribution in [1.29, 1.82) is 0 Å². The summed E-state index contributed by atoms with van der Waals surface area (Å²) in [5.74, 6) is 0.0692. The van der Waals surface area contributed by atoms with Crippen LogP contribution in [0.15, 0.2) is 34.8 Å². The van der Waals surface area contributed by atoms with Crippen LogP contribution in [0.2, 0.25) is 0 Å². The van der Waals surface area contributed by atoms with Crippen molar-refractivity contribution >= 4 is 34.1 Å². The van der Waals surface area contributed by atoms with Crippen LogP contribution in [0.1, 0.15) is 32.0 Å². The van der Waals surface area contributed by atoms with Gasteiger partial charge in [0, 0.05) is 10.8 Å². The van der Waals surface area contributed by atoms with Gasteiger partial charge in [0.2, 0.25) is 11.1 Å². The summed E-state index contributed by atoms with van der Waals surface area (Å²) < 4.78 is 1.62. The van der Waals surface area contributed by atoms with Crippen LogP contribution in [0.5, 0.6) is 0 Å². The zero-order chi connectivity index (χ0) is 18.7. The van der Waals surface area contributed by atoms with E-state index in [9.17, 15) is 4.79 Å². The second-order valence-electron chi connectivity index (χ2n) is 6.83. The fraction of sp³-hybridized carbons (Fsp3) is 0.353. The van der Waals surface area contributed by atoms with Crippen LogP contribution in [0.25, 0.3) is 5.69 Å². The number of carbonyl (C=O) groups excluding carboxylic acids is 1. The Kier molecular flexibility index (Phi) is 5.38. The number of nitrogens with zero attached hydrogens (tertiary/aromatic N) is 5. The number of aryl methyl sites for hydroxylation is 1. The van der Waals surface area contributed by atoms with E-state index in [0.29, 0.717) is 10.3 Å². The summed E-state index contributed by atoms with van der Waals surface area (Å²) in [6, 6.07) is 7.87. The molecule has 0 aliphatic rings. The Hall–Kier alpha value is -2.26. The van der Waals surface area contributed by atoms with Crippen molar-refractivity contribution in [2.24, 2.45) is 0 Å². The van der Waals surface area contributed by atoms with Gasteiger partial charge >= 0.3 is 0 Å². The molecule has 3 aromatic rings. The highest BCUT2D eigenvalue weighted by molar-refractivity contribution is 7.99. The molecule has 0 saturated heterocycles. The molecule has 0 spiro atoms. The predicted octanol–water partition coefficient (Wildman–Crippen LogP) is 3.46. The molecule has 0 unspecified atom stereocenters. The fourth-order valence-electron chi connectivity index (χ4n) is 2.08. The molecular weight excluding hydrogens is 368 g/mol. The number of amides is 1. The first kappa shape index (κ1) is 18.5. The molecule has 0 atom stereocenters. The highest BCUT2D eigenvalue weighted by Crippen LogP contribution is 2.26. The Labute approximate surface area is 160 Å². The van der Waals surface area contributed by atoms with E-state index in [2.05, 4.69) is 46.6 Å². The third kappa shape index (κ3) is 4.47. The second kappa shape index (κ2) is 7.55. The molecule has 2 heterocycles. The number of nitrogens with one attached hydrogen (secondary N) is 1. The van der Waals surface area contributed by atoms with Crippen molar-refractivity contribution in [3.63, 3.8) is 0 Å². The number of hydrogen-bond acceptors (Lipinski definition) is 7. The first-order valence-corrected chi connectivity index (χ1v) is 9.93. The summed E-state index contributed by atoms with van der Waals surface area (Å²) in [5.41, 5.74) is 2.95. The van der Waals surface area contributed by atoms with E-state index in [1.807, 2.05) is 36.6 Å². The average molecular weight is 389 g/mol. The largest absolute Gasteiger partial charge is 0.301 e. The Morgan fingerprint density at radius 2 is 2.00 bits per heavy atom. The summed E-state index contributed by atoms with van der Waals surface area (Å²) >= 11 is 2.72. The van der Waals surface area contributed by atoms with Crippen molar-refractivity contribution in [3.8, 4) is 5.69 Å². The fourth-order valence-corrected chi connectivity index (χ4v) is 3.72. The minimum atomic E-state index is -0.136. The van der Waals surface area contributed by atoms with Crippen LogP contribution in [-0.4, -0.2) is 36.9 Å². The maximum atomic E-state index is 12.2. The Morgan fingerprint density at radius 1 is 1.27 bits per heavy atom. The van der Waals surface area contributed by atoms with Crippen molar-refractivity contribution in [1.82, 2.24) is 25.2 Å². The molecule has 1 N–H and O–H groups in total. The number of thiazole rings is 1. The first-order chi connectivity index (χ1) is 12.3. The van der Waals surface area contributed by atoms with Gasteiger partial charge < -0.3 is 5.32 Å². The van der Waals surface area contributed by atoms with E-state index < -0.39 is 0 Å². The minimum absolute atomic E-state index is 0.0373. The van der Waals surface area contributed by atoms with Gasteiger partial charge in [-0.25, -0.2) is 4.98 Å². The van der Waals surface area contributed by atoms with Gasteiger partial charge in [-0.2, -0.15) is 4.68 Å². The second-order valence-corrected chi connectivity index (χ2v) is 8.63. The third-order valence-electron chi connectivity index (χ3n) is 3.57. The molecule has 7 nitrogen and oxygen atoms in total. The Bertz CT molecular complexity index is 895. The number of carbonyl (C=O) groups is 1. The molecule has 0 saturated carbocycles. The molecule has 2 aromatic heterocycles. The molecule has 0 aliphatic carbocycles. The normalized spacial score (nSPS) is 11.5. The number of anilines is 1. The van der Waals surface area contributed by atoms with E-state index >= 15 is 0 Å². The van der Waals surface area contributed by atoms with Crippen LogP contribution >= 0.6 is 23.1 Å². The molecular formula is C17H20N6OS2. The van der Waals surface area contributed by atoms with Crippen molar-refractivity contribution in [2.45, 2.75) is 38.3 Å².